The molecule has 0 radical (unpaired) electrons. The number of benzene rings is 1. The largest absolute Gasteiger partial charge is 0.435 e. The summed E-state index contributed by atoms with van der Waals surface area (Å²) in [7, 11) is -2.25. The van der Waals surface area contributed by atoms with E-state index in [0.717, 1.165) is 12.3 Å². The van der Waals surface area contributed by atoms with Gasteiger partial charge < -0.3 is 10.5 Å². The first-order valence-corrected chi connectivity index (χ1v) is 11.4. The van der Waals surface area contributed by atoms with E-state index in [1.807, 2.05) is 4.72 Å². The number of aromatic nitrogens is 4. The van der Waals surface area contributed by atoms with E-state index in [2.05, 4.69) is 19.9 Å². The van der Waals surface area contributed by atoms with Crippen molar-refractivity contribution in [3.8, 4) is 22.9 Å². The molecule has 0 fully saturated rings. The Hall–Kier alpha value is -4.27. The summed E-state index contributed by atoms with van der Waals surface area (Å²) in [6, 6.07) is 6.68. The second kappa shape index (κ2) is 10.4. The fraction of sp³-hybridized carbons (Fsp3) is 0.0909. The first-order valence-electron chi connectivity index (χ1n) is 10.1. The van der Waals surface area contributed by atoms with Crippen LogP contribution in [-0.2, 0) is 22.9 Å². The second-order valence-corrected chi connectivity index (χ2v) is 8.44. The van der Waals surface area contributed by atoms with Gasteiger partial charge in [0, 0.05) is 24.7 Å². The Balaban J connectivity index is 1.54. The molecule has 0 bridgehead atoms. The van der Waals surface area contributed by atoms with Gasteiger partial charge >= 0.3 is 6.18 Å². The summed E-state index contributed by atoms with van der Waals surface area (Å²) in [6.45, 7) is 0. The van der Waals surface area contributed by atoms with Gasteiger partial charge in [-0.15, -0.1) is 0 Å². The van der Waals surface area contributed by atoms with Crippen molar-refractivity contribution in [2.75, 3.05) is 10.5 Å². The van der Waals surface area contributed by atoms with E-state index in [1.165, 1.54) is 30.6 Å². The van der Waals surface area contributed by atoms with Crippen molar-refractivity contribution in [2.45, 2.75) is 11.9 Å². The Morgan fingerprint density at radius 1 is 1.00 bits per heavy atom. The van der Waals surface area contributed by atoms with Crippen molar-refractivity contribution in [2.24, 2.45) is 0 Å². The van der Waals surface area contributed by atoms with Gasteiger partial charge in [-0.3, -0.25) is 9.71 Å². The van der Waals surface area contributed by atoms with Crippen molar-refractivity contribution < 1.29 is 35.3 Å². The van der Waals surface area contributed by atoms with Gasteiger partial charge in [0.05, 0.1) is 17.0 Å². The summed E-state index contributed by atoms with van der Waals surface area (Å²) in [4.78, 5) is 14.9. The molecule has 3 aromatic heterocycles. The van der Waals surface area contributed by atoms with Crippen LogP contribution in [-0.4, -0.2) is 24.1 Å². The highest BCUT2D eigenvalue weighted by Crippen LogP contribution is 2.35. The molecule has 0 saturated heterocycles. The van der Waals surface area contributed by atoms with Crippen LogP contribution in [0.3, 0.4) is 0 Å². The molecule has 0 aliphatic carbocycles. The molecular weight excluding hydrogens is 526 g/mol. The topological polar surface area (TPSA) is 116 Å². The van der Waals surface area contributed by atoms with Gasteiger partial charge in [-0.05, 0) is 29.8 Å². The highest BCUT2D eigenvalue weighted by molar-refractivity contribution is 7.85. The second-order valence-electron chi connectivity index (χ2n) is 7.26. The van der Waals surface area contributed by atoms with Gasteiger partial charge in [0.25, 0.3) is 0 Å². The van der Waals surface area contributed by atoms with Gasteiger partial charge in [0.2, 0.25) is 17.6 Å². The summed E-state index contributed by atoms with van der Waals surface area (Å²) in [5, 5.41) is 0. The zero-order valence-corrected chi connectivity index (χ0v) is 19.1. The minimum atomic E-state index is -4.66. The Morgan fingerprint density at radius 3 is 2.46 bits per heavy atom. The van der Waals surface area contributed by atoms with Crippen molar-refractivity contribution >= 4 is 22.6 Å². The Labute approximate surface area is 207 Å². The number of anilines is 2. The van der Waals surface area contributed by atoms with E-state index in [4.69, 9.17) is 10.5 Å². The van der Waals surface area contributed by atoms with Gasteiger partial charge in [-0.1, -0.05) is 6.07 Å². The molecule has 8 nitrogen and oxygen atoms in total. The first-order chi connectivity index (χ1) is 17.5. The van der Waals surface area contributed by atoms with Crippen molar-refractivity contribution in [1.82, 2.24) is 19.9 Å². The van der Waals surface area contributed by atoms with Crippen LogP contribution in [0.15, 0.2) is 55.0 Å². The molecule has 192 valence electrons. The van der Waals surface area contributed by atoms with Crippen molar-refractivity contribution in [3.63, 3.8) is 0 Å². The summed E-state index contributed by atoms with van der Waals surface area (Å²) in [6.07, 6.45) is -1.19. The Kier molecular flexibility index (Phi) is 7.24. The van der Waals surface area contributed by atoms with E-state index < -0.39 is 57.5 Å². The zero-order valence-electron chi connectivity index (χ0n) is 18.3. The fourth-order valence-electron chi connectivity index (χ4n) is 3.02. The third kappa shape index (κ3) is 5.94. The van der Waals surface area contributed by atoms with Crippen LogP contribution in [0.1, 0.15) is 11.3 Å². The molecule has 1 unspecified atom stereocenters. The molecular formula is C22H14F6N6O2S. The van der Waals surface area contributed by atoms with E-state index >= 15 is 0 Å². The third-order valence-electron chi connectivity index (χ3n) is 4.68. The normalized spacial score (nSPS) is 12.3. The van der Waals surface area contributed by atoms with E-state index in [9.17, 15) is 30.6 Å². The number of pyridine rings is 2. The molecule has 4 aromatic rings. The maximum atomic E-state index is 14.8. The van der Waals surface area contributed by atoms with Crippen LogP contribution in [0.5, 0.6) is 11.6 Å². The van der Waals surface area contributed by atoms with Crippen LogP contribution >= 0.6 is 0 Å². The molecule has 0 aliphatic heterocycles. The Morgan fingerprint density at radius 2 is 1.78 bits per heavy atom. The summed E-state index contributed by atoms with van der Waals surface area (Å²) < 4.78 is 102. The molecule has 0 saturated carbocycles. The Bertz CT molecular complexity index is 1470. The zero-order chi connectivity index (χ0) is 26.7. The number of nitrogens with two attached hydrogens (primary N) is 1. The molecule has 4 rings (SSSR count). The minimum absolute atomic E-state index is 0.0638. The average Bonchev–Trinajstić information content (AvgIpc) is 2.85. The van der Waals surface area contributed by atoms with Gasteiger partial charge in [-0.25, -0.2) is 27.9 Å². The lowest BCUT2D eigenvalue weighted by Crippen LogP contribution is -2.12. The van der Waals surface area contributed by atoms with E-state index in [1.54, 1.807) is 0 Å². The van der Waals surface area contributed by atoms with Crippen LogP contribution in [0.4, 0.5) is 38.0 Å². The minimum Gasteiger partial charge on any atom is -0.435 e. The molecule has 0 aliphatic rings. The predicted molar refractivity (Wildman–Crippen MR) is 121 cm³/mol. The highest BCUT2D eigenvalue weighted by atomic mass is 32.2. The van der Waals surface area contributed by atoms with Gasteiger partial charge in [0.1, 0.15) is 22.4 Å². The molecule has 1 atom stereocenters. The van der Waals surface area contributed by atoms with Crippen LogP contribution in [0.25, 0.3) is 11.3 Å². The molecule has 1 aromatic carbocycles. The summed E-state index contributed by atoms with van der Waals surface area (Å²) in [5.41, 5.74) is 3.90. The molecule has 37 heavy (non-hydrogen) atoms. The van der Waals surface area contributed by atoms with E-state index in [-0.39, 0.29) is 28.6 Å². The number of hydrogen-bond acceptors (Lipinski definition) is 7. The lowest BCUT2D eigenvalue weighted by molar-refractivity contribution is -0.141. The summed E-state index contributed by atoms with van der Waals surface area (Å²) >= 11 is 0. The SMILES string of the molecule is Nc1nccc(-c2cccnc2Oc2cc(F)c(NS(=O)Cc3ccc(C(F)(F)F)nc3)c(F)c2F)n1. The standard InChI is InChI=1S/C22H14F6N6O2S/c23-13-8-15(36-20-12(2-1-6-30-20)14-5-7-31-21(29)33-14)17(24)18(25)19(13)34-37(35)10-11-3-4-16(32-9-11)22(26,27)28/h1-9,34H,10H2,(H2,29,31,33). The molecule has 15 heteroatoms. The van der Waals surface area contributed by atoms with Crippen LogP contribution in [0, 0.1) is 17.5 Å². The molecule has 0 amide bonds. The number of alkyl halides is 3. The number of rotatable bonds is 7. The predicted octanol–water partition coefficient (Wildman–Crippen LogP) is 5.02. The fourth-order valence-corrected chi connectivity index (χ4v) is 3.98. The average molecular weight is 540 g/mol. The van der Waals surface area contributed by atoms with Crippen LogP contribution in [0.2, 0.25) is 0 Å². The number of halogens is 6. The van der Waals surface area contributed by atoms with Crippen molar-refractivity contribution in [3.05, 3.63) is 83.7 Å². The number of nitrogens with zero attached hydrogens (tertiary/aromatic N) is 4. The first kappa shape index (κ1) is 25.8. The highest BCUT2D eigenvalue weighted by Gasteiger charge is 2.32. The van der Waals surface area contributed by atoms with E-state index in [0.29, 0.717) is 12.1 Å². The quantitative estimate of drug-likeness (QED) is 0.250. The van der Waals surface area contributed by atoms with Gasteiger partial charge in [0.15, 0.2) is 17.4 Å². The lowest BCUT2D eigenvalue weighted by atomic mass is 10.2. The number of nitrogen functional groups attached to an aromatic ring is 1. The molecule has 3 N–H and O–H groups in total. The van der Waals surface area contributed by atoms with Gasteiger partial charge in [-0.2, -0.15) is 17.6 Å². The smallest absolute Gasteiger partial charge is 0.433 e. The maximum Gasteiger partial charge on any atom is 0.433 e. The number of nitrogens with one attached hydrogen (secondary N) is 1. The lowest BCUT2D eigenvalue weighted by Gasteiger charge is -2.14. The number of ether oxygens (including phenoxy) is 1. The number of hydrogen-bond donors (Lipinski definition) is 2. The third-order valence-corrected chi connectivity index (χ3v) is 5.71. The summed E-state index contributed by atoms with van der Waals surface area (Å²) in [5.74, 6) is -6.34. The molecule has 3 heterocycles. The monoisotopic (exact) mass is 540 g/mol. The molecule has 0 spiro atoms. The van der Waals surface area contributed by atoms with Crippen LogP contribution < -0.4 is 15.2 Å². The maximum absolute atomic E-state index is 14.8. The van der Waals surface area contributed by atoms with Crippen molar-refractivity contribution in [1.29, 1.82) is 0 Å².